The summed E-state index contributed by atoms with van der Waals surface area (Å²) in [4.78, 5) is 31.2. The number of halogens is 1. The predicted molar refractivity (Wildman–Crippen MR) is 112 cm³/mol. The molecule has 0 radical (unpaired) electrons. The van der Waals surface area contributed by atoms with Gasteiger partial charge in [0.1, 0.15) is 23.9 Å². The van der Waals surface area contributed by atoms with Gasteiger partial charge in [0.25, 0.3) is 5.91 Å². The Kier molecular flexibility index (Phi) is 5.18. The Bertz CT molecular complexity index is 1050. The molecule has 31 heavy (non-hydrogen) atoms. The minimum Gasteiger partial charge on any atom is -0.493 e. The maximum atomic E-state index is 14.9. The van der Waals surface area contributed by atoms with E-state index < -0.39 is 17.8 Å². The quantitative estimate of drug-likeness (QED) is 0.734. The predicted octanol–water partition coefficient (Wildman–Crippen LogP) is 3.87. The average molecular weight is 422 g/mol. The van der Waals surface area contributed by atoms with Crippen LogP contribution in [0.4, 0.5) is 9.18 Å². The summed E-state index contributed by atoms with van der Waals surface area (Å²) >= 11 is 0. The molecule has 3 aliphatic rings. The zero-order valence-corrected chi connectivity index (χ0v) is 17.1. The fourth-order valence-corrected chi connectivity index (χ4v) is 4.18. The molecule has 6 nitrogen and oxygen atoms in total. The summed E-state index contributed by atoms with van der Waals surface area (Å²) in [6, 6.07) is 12.4. The van der Waals surface area contributed by atoms with Gasteiger partial charge < -0.3 is 14.4 Å². The van der Waals surface area contributed by atoms with E-state index in [4.69, 9.17) is 9.47 Å². The lowest BCUT2D eigenvalue weighted by molar-refractivity contribution is -0.122. The Labute approximate surface area is 179 Å². The lowest BCUT2D eigenvalue weighted by Crippen LogP contribution is -2.29. The standard InChI is InChI=1S/C24H23FN2O4/c25-20-11-21-17(8-9-30-21)10-18(20)19-13-27(12-15-6-7-15)23(28)22(19)26-24(29)31-14-16-4-2-1-3-5-16/h1-5,10-11,15,19H,6-9,12-14H2/b26-22-/t19-/m0/s1. The molecule has 1 atom stereocenters. The summed E-state index contributed by atoms with van der Waals surface area (Å²) in [5, 5.41) is 0. The number of amides is 2. The van der Waals surface area contributed by atoms with Crippen LogP contribution in [0.2, 0.25) is 0 Å². The van der Waals surface area contributed by atoms with Gasteiger partial charge in [-0.05, 0) is 41.5 Å². The van der Waals surface area contributed by atoms with Gasteiger partial charge in [0.15, 0.2) is 0 Å². The number of hydrogen-bond acceptors (Lipinski definition) is 4. The number of carbonyl (C=O) groups excluding carboxylic acids is 2. The minimum absolute atomic E-state index is 0.0523. The maximum absolute atomic E-state index is 14.9. The van der Waals surface area contributed by atoms with Gasteiger partial charge in [0.05, 0.1) is 12.5 Å². The second-order valence-corrected chi connectivity index (χ2v) is 8.32. The smallest absolute Gasteiger partial charge is 0.434 e. The fraction of sp³-hybridized carbons (Fsp3) is 0.375. The van der Waals surface area contributed by atoms with Gasteiger partial charge in [-0.25, -0.2) is 9.18 Å². The average Bonchev–Trinajstić information content (AvgIpc) is 3.40. The van der Waals surface area contributed by atoms with E-state index in [1.807, 2.05) is 30.3 Å². The van der Waals surface area contributed by atoms with Crippen LogP contribution in [0.5, 0.6) is 5.75 Å². The number of nitrogens with zero attached hydrogens (tertiary/aromatic N) is 2. The highest BCUT2D eigenvalue weighted by Crippen LogP contribution is 2.37. The molecule has 2 fully saturated rings. The van der Waals surface area contributed by atoms with Crippen LogP contribution in [0.3, 0.4) is 0 Å². The molecule has 1 saturated carbocycles. The van der Waals surface area contributed by atoms with Crippen LogP contribution in [-0.2, 0) is 22.6 Å². The Morgan fingerprint density at radius 2 is 2.03 bits per heavy atom. The number of likely N-dealkylation sites (tertiary alicyclic amines) is 1. The van der Waals surface area contributed by atoms with E-state index in [1.165, 1.54) is 6.07 Å². The lowest BCUT2D eigenvalue weighted by Gasteiger charge is -2.16. The topological polar surface area (TPSA) is 68.2 Å². The Hall–Kier alpha value is -3.22. The van der Waals surface area contributed by atoms with Gasteiger partial charge in [-0.3, -0.25) is 4.79 Å². The molecule has 7 heteroatoms. The normalized spacial score (nSPS) is 21.3. The summed E-state index contributed by atoms with van der Waals surface area (Å²) in [6.45, 7) is 1.51. The first kappa shape index (κ1) is 19.7. The Morgan fingerprint density at radius 3 is 2.81 bits per heavy atom. The SMILES string of the molecule is O=C(/N=C1\C(=O)N(CC2CC2)C[C@H]1c1cc2c(cc1F)OCC2)OCc1ccccc1. The van der Waals surface area contributed by atoms with Crippen molar-refractivity contribution in [2.45, 2.75) is 31.8 Å². The highest BCUT2D eigenvalue weighted by molar-refractivity contribution is 6.44. The van der Waals surface area contributed by atoms with Crippen molar-refractivity contribution in [2.75, 3.05) is 19.7 Å². The summed E-state index contributed by atoms with van der Waals surface area (Å²) in [6.07, 6.45) is 2.03. The minimum atomic E-state index is -0.838. The van der Waals surface area contributed by atoms with Gasteiger partial charge in [0.2, 0.25) is 0 Å². The molecule has 160 valence electrons. The van der Waals surface area contributed by atoms with Crippen molar-refractivity contribution >= 4 is 17.7 Å². The number of aliphatic imine (C=N–C) groups is 1. The molecule has 0 aromatic heterocycles. The first-order chi connectivity index (χ1) is 15.1. The monoisotopic (exact) mass is 422 g/mol. The molecule has 2 aromatic rings. The van der Waals surface area contributed by atoms with Gasteiger partial charge in [-0.15, -0.1) is 0 Å². The second-order valence-electron chi connectivity index (χ2n) is 8.32. The van der Waals surface area contributed by atoms with Crippen molar-refractivity contribution in [1.82, 2.24) is 4.90 Å². The van der Waals surface area contributed by atoms with E-state index in [0.717, 1.165) is 24.0 Å². The molecule has 0 bridgehead atoms. The molecule has 2 aliphatic heterocycles. The zero-order chi connectivity index (χ0) is 21.4. The van der Waals surface area contributed by atoms with Crippen LogP contribution in [-0.4, -0.2) is 42.3 Å². The highest BCUT2D eigenvalue weighted by atomic mass is 19.1. The lowest BCUT2D eigenvalue weighted by atomic mass is 9.93. The summed E-state index contributed by atoms with van der Waals surface area (Å²) in [5.74, 6) is -0.350. The van der Waals surface area contributed by atoms with Crippen LogP contribution in [0.15, 0.2) is 47.5 Å². The van der Waals surface area contributed by atoms with Crippen molar-refractivity contribution < 1.29 is 23.5 Å². The number of benzene rings is 2. The molecule has 5 rings (SSSR count). The molecule has 2 amide bonds. The van der Waals surface area contributed by atoms with Crippen LogP contribution < -0.4 is 4.74 Å². The maximum Gasteiger partial charge on any atom is 0.434 e. The summed E-state index contributed by atoms with van der Waals surface area (Å²) in [7, 11) is 0. The molecule has 1 saturated heterocycles. The number of rotatable bonds is 5. The Morgan fingerprint density at radius 1 is 1.23 bits per heavy atom. The second kappa shape index (κ2) is 8.13. The number of fused-ring (bicyclic) bond motifs is 1. The van der Waals surface area contributed by atoms with Gasteiger partial charge in [0, 0.05) is 25.6 Å². The third-order valence-electron chi connectivity index (χ3n) is 6.02. The van der Waals surface area contributed by atoms with Crippen LogP contribution >= 0.6 is 0 Å². The van der Waals surface area contributed by atoms with E-state index >= 15 is 0 Å². The van der Waals surface area contributed by atoms with Crippen LogP contribution in [0.25, 0.3) is 0 Å². The van der Waals surface area contributed by atoms with Gasteiger partial charge >= 0.3 is 6.09 Å². The molecule has 0 spiro atoms. The van der Waals surface area contributed by atoms with E-state index in [9.17, 15) is 14.0 Å². The summed E-state index contributed by atoms with van der Waals surface area (Å²) in [5.41, 5.74) is 2.17. The fourth-order valence-electron chi connectivity index (χ4n) is 4.18. The Balaban J connectivity index is 1.41. The molecule has 2 heterocycles. The molecular weight excluding hydrogens is 399 g/mol. The van der Waals surface area contributed by atoms with Crippen LogP contribution in [0.1, 0.15) is 35.4 Å². The van der Waals surface area contributed by atoms with Gasteiger partial charge in [-0.2, -0.15) is 4.99 Å². The first-order valence-corrected chi connectivity index (χ1v) is 10.6. The molecule has 0 unspecified atom stereocenters. The third kappa shape index (κ3) is 4.17. The van der Waals surface area contributed by atoms with E-state index in [-0.39, 0.29) is 18.2 Å². The van der Waals surface area contributed by atoms with Crippen LogP contribution in [0, 0.1) is 11.7 Å². The van der Waals surface area contributed by atoms with Crippen molar-refractivity contribution in [3.8, 4) is 5.75 Å². The number of ether oxygens (including phenoxy) is 2. The van der Waals surface area contributed by atoms with Crippen molar-refractivity contribution in [3.63, 3.8) is 0 Å². The van der Waals surface area contributed by atoms with Gasteiger partial charge in [-0.1, -0.05) is 30.3 Å². The number of carbonyl (C=O) groups is 2. The third-order valence-corrected chi connectivity index (χ3v) is 6.02. The highest BCUT2D eigenvalue weighted by Gasteiger charge is 2.42. The summed E-state index contributed by atoms with van der Waals surface area (Å²) < 4.78 is 25.6. The van der Waals surface area contributed by atoms with Crippen molar-refractivity contribution in [1.29, 1.82) is 0 Å². The number of hydrogen-bond donors (Lipinski definition) is 0. The zero-order valence-electron chi connectivity index (χ0n) is 17.1. The largest absolute Gasteiger partial charge is 0.493 e. The molecule has 2 aromatic carbocycles. The van der Waals surface area contributed by atoms with Crippen molar-refractivity contribution in [3.05, 3.63) is 65.0 Å². The van der Waals surface area contributed by atoms with E-state index in [0.29, 0.717) is 43.3 Å². The van der Waals surface area contributed by atoms with E-state index in [2.05, 4.69) is 4.99 Å². The first-order valence-electron chi connectivity index (χ1n) is 10.6. The molecule has 0 N–H and O–H groups in total. The molecule has 1 aliphatic carbocycles. The van der Waals surface area contributed by atoms with E-state index in [1.54, 1.807) is 11.0 Å². The van der Waals surface area contributed by atoms with Crippen molar-refractivity contribution in [2.24, 2.45) is 10.9 Å². The molecular formula is C24H23FN2O4.